The Hall–Kier alpha value is -2.31. The molecule has 0 fully saturated rings. The van der Waals surface area contributed by atoms with E-state index in [1.165, 1.54) is 11.6 Å². The fraction of sp³-hybridized carbons (Fsp3) is 0.480. The normalized spacial score (nSPS) is 12.6. The van der Waals surface area contributed by atoms with Crippen molar-refractivity contribution >= 4 is 5.97 Å². The van der Waals surface area contributed by atoms with Crippen LogP contribution in [0.2, 0.25) is 0 Å². The minimum atomic E-state index is -1.20. The van der Waals surface area contributed by atoms with Gasteiger partial charge in [-0.05, 0) is 69.7 Å². The fourth-order valence-electron chi connectivity index (χ4n) is 3.49. The maximum absolute atomic E-state index is 14.3. The number of carbonyl (C=O) groups excluding carboxylic acids is 1. The van der Waals surface area contributed by atoms with E-state index >= 15 is 0 Å². The van der Waals surface area contributed by atoms with Crippen LogP contribution in [0.15, 0.2) is 42.5 Å². The molecule has 2 aromatic rings. The highest BCUT2D eigenvalue weighted by Gasteiger charge is 2.22. The summed E-state index contributed by atoms with van der Waals surface area (Å²) in [5, 5.41) is 13.8. The molecule has 0 aliphatic rings. The summed E-state index contributed by atoms with van der Waals surface area (Å²) in [4.78, 5) is 11.5. The van der Waals surface area contributed by atoms with Gasteiger partial charge in [-0.15, -0.1) is 0 Å². The third-order valence-electron chi connectivity index (χ3n) is 5.28. The first-order valence-corrected chi connectivity index (χ1v) is 10.8. The second kappa shape index (κ2) is 11.9. The number of halogens is 2. The molecule has 0 amide bonds. The Balaban J connectivity index is 1.92. The molecule has 2 aromatic carbocycles. The van der Waals surface area contributed by atoms with Crippen molar-refractivity contribution in [3.63, 3.8) is 0 Å². The SMILES string of the molecule is CCOC(=O)CCc1cc(F)c(F)c([C@H](O)CNC(C)(C)CCCc2ccccc2)c1. The van der Waals surface area contributed by atoms with Gasteiger partial charge in [-0.2, -0.15) is 0 Å². The van der Waals surface area contributed by atoms with Crippen LogP contribution in [-0.2, 0) is 22.4 Å². The third kappa shape index (κ3) is 8.38. The molecule has 0 bridgehead atoms. The predicted octanol–water partition coefficient (Wildman–Crippen LogP) is 4.89. The molecule has 0 saturated carbocycles. The van der Waals surface area contributed by atoms with Gasteiger partial charge in [0.05, 0.1) is 12.7 Å². The molecule has 2 rings (SSSR count). The van der Waals surface area contributed by atoms with Crippen LogP contribution in [0.25, 0.3) is 0 Å². The summed E-state index contributed by atoms with van der Waals surface area (Å²) in [5.74, 6) is -2.48. The smallest absolute Gasteiger partial charge is 0.306 e. The number of hydrogen-bond acceptors (Lipinski definition) is 4. The first-order chi connectivity index (χ1) is 14.7. The Morgan fingerprint density at radius 1 is 1.13 bits per heavy atom. The van der Waals surface area contributed by atoms with E-state index < -0.39 is 23.7 Å². The van der Waals surface area contributed by atoms with Crippen molar-refractivity contribution in [2.45, 2.75) is 64.5 Å². The molecule has 0 aliphatic heterocycles. The van der Waals surface area contributed by atoms with Gasteiger partial charge in [-0.25, -0.2) is 8.78 Å². The van der Waals surface area contributed by atoms with E-state index in [4.69, 9.17) is 4.74 Å². The van der Waals surface area contributed by atoms with Gasteiger partial charge in [0.15, 0.2) is 11.6 Å². The lowest BCUT2D eigenvalue weighted by molar-refractivity contribution is -0.143. The summed E-state index contributed by atoms with van der Waals surface area (Å²) in [5.41, 5.74) is 1.34. The quantitative estimate of drug-likeness (QED) is 0.468. The lowest BCUT2D eigenvalue weighted by atomic mass is 9.94. The largest absolute Gasteiger partial charge is 0.466 e. The summed E-state index contributed by atoms with van der Waals surface area (Å²) in [7, 11) is 0. The van der Waals surface area contributed by atoms with Gasteiger partial charge >= 0.3 is 5.97 Å². The topological polar surface area (TPSA) is 58.6 Å². The van der Waals surface area contributed by atoms with Crippen molar-refractivity contribution in [2.24, 2.45) is 0 Å². The van der Waals surface area contributed by atoms with Gasteiger partial charge in [-0.3, -0.25) is 4.79 Å². The average Bonchev–Trinajstić information content (AvgIpc) is 2.73. The van der Waals surface area contributed by atoms with E-state index in [1.807, 2.05) is 32.0 Å². The molecular formula is C25H33F2NO3. The number of aliphatic hydroxyl groups is 1. The number of benzene rings is 2. The van der Waals surface area contributed by atoms with Crippen molar-refractivity contribution in [1.29, 1.82) is 0 Å². The minimum absolute atomic E-state index is 0.0706. The van der Waals surface area contributed by atoms with Gasteiger partial charge in [0.1, 0.15) is 0 Å². The van der Waals surface area contributed by atoms with Crippen LogP contribution in [0.5, 0.6) is 0 Å². The summed E-state index contributed by atoms with van der Waals surface area (Å²) >= 11 is 0. The number of ether oxygens (including phenoxy) is 1. The predicted molar refractivity (Wildman–Crippen MR) is 118 cm³/mol. The van der Waals surface area contributed by atoms with E-state index in [9.17, 15) is 18.7 Å². The Labute approximate surface area is 183 Å². The van der Waals surface area contributed by atoms with Crippen LogP contribution in [0, 0.1) is 11.6 Å². The minimum Gasteiger partial charge on any atom is -0.466 e. The molecule has 31 heavy (non-hydrogen) atoms. The van der Waals surface area contributed by atoms with Gasteiger partial charge < -0.3 is 15.2 Å². The summed E-state index contributed by atoms with van der Waals surface area (Å²) in [6.45, 7) is 6.12. The zero-order valence-corrected chi connectivity index (χ0v) is 18.6. The lowest BCUT2D eigenvalue weighted by Crippen LogP contribution is -2.41. The number of carbonyl (C=O) groups is 1. The molecule has 0 radical (unpaired) electrons. The van der Waals surface area contributed by atoms with E-state index in [0.717, 1.165) is 25.3 Å². The van der Waals surface area contributed by atoms with E-state index in [1.54, 1.807) is 6.92 Å². The third-order valence-corrected chi connectivity index (χ3v) is 5.28. The second-order valence-corrected chi connectivity index (χ2v) is 8.41. The van der Waals surface area contributed by atoms with Crippen LogP contribution in [-0.4, -0.2) is 29.8 Å². The number of rotatable bonds is 12. The molecule has 4 nitrogen and oxygen atoms in total. The summed E-state index contributed by atoms with van der Waals surface area (Å²) in [6, 6.07) is 12.7. The molecule has 2 N–H and O–H groups in total. The first-order valence-electron chi connectivity index (χ1n) is 10.8. The zero-order chi connectivity index (χ0) is 22.9. The average molecular weight is 434 g/mol. The van der Waals surface area contributed by atoms with Crippen LogP contribution < -0.4 is 5.32 Å². The molecular weight excluding hydrogens is 400 g/mol. The lowest BCUT2D eigenvalue weighted by Gasteiger charge is -2.28. The number of esters is 1. The standard InChI is InChI=1S/C25H33F2NO3/c1-4-31-23(30)13-12-19-15-20(24(27)21(26)16-19)22(29)17-28-25(2,3)14-8-11-18-9-6-5-7-10-18/h5-7,9-10,15-16,22,28-29H,4,8,11-14,17H2,1-3H3/t22-/m1/s1. The number of nitrogens with one attached hydrogen (secondary N) is 1. The molecule has 0 unspecified atom stereocenters. The Kier molecular flexibility index (Phi) is 9.59. The maximum Gasteiger partial charge on any atom is 0.306 e. The first kappa shape index (κ1) is 25.0. The fourth-order valence-corrected chi connectivity index (χ4v) is 3.49. The molecule has 1 atom stereocenters. The number of aryl methyl sites for hydroxylation is 2. The number of hydrogen-bond donors (Lipinski definition) is 2. The molecule has 0 aromatic heterocycles. The molecule has 0 saturated heterocycles. The van der Waals surface area contributed by atoms with Crippen molar-refractivity contribution < 1.29 is 23.4 Å². The number of aliphatic hydroxyl groups excluding tert-OH is 1. The van der Waals surface area contributed by atoms with Crippen LogP contribution >= 0.6 is 0 Å². The molecule has 0 heterocycles. The van der Waals surface area contributed by atoms with Crippen molar-refractivity contribution in [2.75, 3.05) is 13.2 Å². The molecule has 170 valence electrons. The zero-order valence-electron chi connectivity index (χ0n) is 18.6. The number of β-amino-alcohol motifs (C(OH)–C–C–N with tert-alkyl or cyclic N) is 1. The Morgan fingerprint density at radius 2 is 1.84 bits per heavy atom. The van der Waals surface area contributed by atoms with E-state index in [-0.39, 0.29) is 37.1 Å². The molecule has 0 aliphatic carbocycles. The van der Waals surface area contributed by atoms with Gasteiger partial charge in [0, 0.05) is 24.1 Å². The van der Waals surface area contributed by atoms with Crippen LogP contribution in [0.4, 0.5) is 8.78 Å². The highest BCUT2D eigenvalue weighted by atomic mass is 19.2. The van der Waals surface area contributed by atoms with Gasteiger partial charge in [0.2, 0.25) is 0 Å². The molecule has 0 spiro atoms. The van der Waals surface area contributed by atoms with E-state index in [0.29, 0.717) is 5.56 Å². The van der Waals surface area contributed by atoms with Crippen LogP contribution in [0.3, 0.4) is 0 Å². The monoisotopic (exact) mass is 433 g/mol. The summed E-state index contributed by atoms with van der Waals surface area (Å²) < 4.78 is 33.2. The van der Waals surface area contributed by atoms with Gasteiger partial charge in [0.25, 0.3) is 0 Å². The van der Waals surface area contributed by atoms with Crippen molar-refractivity contribution in [3.05, 3.63) is 70.8 Å². The van der Waals surface area contributed by atoms with E-state index in [2.05, 4.69) is 17.4 Å². The summed E-state index contributed by atoms with van der Waals surface area (Å²) in [6.07, 6.45) is 1.87. The highest BCUT2D eigenvalue weighted by Crippen LogP contribution is 2.23. The Morgan fingerprint density at radius 3 is 2.52 bits per heavy atom. The van der Waals surface area contributed by atoms with Crippen molar-refractivity contribution in [3.8, 4) is 0 Å². The molecule has 6 heteroatoms. The van der Waals surface area contributed by atoms with Gasteiger partial charge in [-0.1, -0.05) is 30.3 Å². The highest BCUT2D eigenvalue weighted by molar-refractivity contribution is 5.69. The van der Waals surface area contributed by atoms with Crippen molar-refractivity contribution in [1.82, 2.24) is 5.32 Å². The second-order valence-electron chi connectivity index (χ2n) is 8.41. The Bertz CT molecular complexity index is 840. The van der Waals surface area contributed by atoms with Crippen LogP contribution in [0.1, 0.15) is 62.8 Å². The maximum atomic E-state index is 14.3.